The number of aryl methyl sites for hydroxylation is 2. The van der Waals surface area contributed by atoms with E-state index in [0.717, 1.165) is 5.52 Å². The van der Waals surface area contributed by atoms with Crippen molar-refractivity contribution in [2.24, 2.45) is 7.05 Å². The van der Waals surface area contributed by atoms with Gasteiger partial charge in [-0.1, -0.05) is 0 Å². The zero-order valence-corrected chi connectivity index (χ0v) is 22.3. The monoisotopic (exact) mass is 562 g/mol. The maximum absolute atomic E-state index is 12.9. The molecule has 0 saturated carbocycles. The van der Waals surface area contributed by atoms with E-state index >= 15 is 0 Å². The van der Waals surface area contributed by atoms with E-state index in [2.05, 4.69) is 25.6 Å². The highest BCUT2D eigenvalue weighted by atomic mass is 19.4. The first-order valence-electron chi connectivity index (χ1n) is 12.5. The molecule has 1 amide bonds. The lowest BCUT2D eigenvalue weighted by atomic mass is 10.0. The number of alkyl halides is 3. The number of pyridine rings is 2. The highest BCUT2D eigenvalue weighted by molar-refractivity contribution is 5.92. The molecule has 0 atom stereocenters. The summed E-state index contributed by atoms with van der Waals surface area (Å²) in [6, 6.07) is 16.9. The Kier molecular flexibility index (Phi) is 7.47. The third-order valence-corrected chi connectivity index (χ3v) is 6.11. The summed E-state index contributed by atoms with van der Waals surface area (Å²) in [5, 5.41) is 5.77. The lowest BCUT2D eigenvalue weighted by Gasteiger charge is -2.15. The van der Waals surface area contributed by atoms with Crippen LogP contribution in [0.1, 0.15) is 16.2 Å². The second-order valence-electron chi connectivity index (χ2n) is 9.13. The van der Waals surface area contributed by atoms with Crippen LogP contribution in [0.5, 0.6) is 17.2 Å². The number of ether oxygens (including phenoxy) is 2. The summed E-state index contributed by atoms with van der Waals surface area (Å²) in [6.45, 7) is 0.396. The molecule has 12 heteroatoms. The van der Waals surface area contributed by atoms with Gasteiger partial charge < -0.3 is 24.7 Å². The second kappa shape index (κ2) is 11.2. The minimum atomic E-state index is -4.47. The van der Waals surface area contributed by atoms with Gasteiger partial charge in [-0.05, 0) is 61.0 Å². The normalized spacial score (nSPS) is 11.4. The molecular weight excluding hydrogens is 537 g/mol. The van der Waals surface area contributed by atoms with Gasteiger partial charge in [0.1, 0.15) is 22.9 Å². The zero-order chi connectivity index (χ0) is 29.1. The highest BCUT2D eigenvalue weighted by Gasteiger charge is 2.29. The fraction of sp³-hybridized carbons (Fsp3) is 0.172. The average Bonchev–Trinajstić information content (AvgIpc) is 3.25. The van der Waals surface area contributed by atoms with Gasteiger partial charge in [0.2, 0.25) is 5.95 Å². The van der Waals surface area contributed by atoms with Gasteiger partial charge in [-0.3, -0.25) is 14.8 Å². The van der Waals surface area contributed by atoms with Gasteiger partial charge in [0.15, 0.2) is 6.61 Å². The van der Waals surface area contributed by atoms with Gasteiger partial charge in [0, 0.05) is 55.6 Å². The van der Waals surface area contributed by atoms with Gasteiger partial charge in [-0.25, -0.2) is 4.98 Å². The van der Waals surface area contributed by atoms with Crippen molar-refractivity contribution in [3.8, 4) is 28.4 Å². The Morgan fingerprint density at radius 1 is 0.976 bits per heavy atom. The standard InChI is InChI=1S/C29H25F3N6O3/c1-17-12-18(8-10-34-17)22-13-19(4-7-26(22)40-16-29(30,31)32)36-28-37-23-14-20(5-6-25(23)38(28)3)41-21-9-11-35-24(15-21)27(39)33-2/h4-15H,16H2,1-3H3,(H,33,39)(H,36,37). The number of benzene rings is 2. The molecule has 0 aliphatic rings. The number of amides is 1. The molecule has 0 unspecified atom stereocenters. The van der Waals surface area contributed by atoms with E-state index < -0.39 is 12.8 Å². The minimum Gasteiger partial charge on any atom is -0.483 e. The van der Waals surface area contributed by atoms with Crippen LogP contribution < -0.4 is 20.1 Å². The van der Waals surface area contributed by atoms with E-state index in [1.54, 1.807) is 61.7 Å². The number of carbonyl (C=O) groups excluding carboxylic acids is 1. The van der Waals surface area contributed by atoms with Crippen LogP contribution in [0.4, 0.5) is 24.8 Å². The molecule has 210 valence electrons. The molecule has 3 aromatic heterocycles. The molecule has 9 nitrogen and oxygen atoms in total. The first-order chi connectivity index (χ1) is 19.6. The summed E-state index contributed by atoms with van der Waals surface area (Å²) in [6.07, 6.45) is -1.39. The Bertz CT molecular complexity index is 1740. The molecule has 3 heterocycles. The number of fused-ring (bicyclic) bond motifs is 1. The molecular formula is C29H25F3N6O3. The van der Waals surface area contributed by atoms with Crippen LogP contribution in [0.15, 0.2) is 73.1 Å². The number of nitrogens with zero attached hydrogens (tertiary/aromatic N) is 4. The third kappa shape index (κ3) is 6.38. The topological polar surface area (TPSA) is 103 Å². The van der Waals surface area contributed by atoms with Crippen molar-refractivity contribution in [2.75, 3.05) is 19.0 Å². The Hall–Kier alpha value is -5.13. The van der Waals surface area contributed by atoms with E-state index in [0.29, 0.717) is 45.5 Å². The van der Waals surface area contributed by atoms with Gasteiger partial charge in [-0.2, -0.15) is 13.2 Å². The van der Waals surface area contributed by atoms with E-state index in [1.165, 1.54) is 19.3 Å². The number of hydrogen-bond donors (Lipinski definition) is 2. The fourth-order valence-corrected chi connectivity index (χ4v) is 4.18. The van der Waals surface area contributed by atoms with E-state index in [4.69, 9.17) is 9.47 Å². The van der Waals surface area contributed by atoms with Gasteiger partial charge in [-0.15, -0.1) is 0 Å². The predicted molar refractivity (Wildman–Crippen MR) is 148 cm³/mol. The second-order valence-corrected chi connectivity index (χ2v) is 9.13. The van der Waals surface area contributed by atoms with Crippen LogP contribution in [0, 0.1) is 6.92 Å². The first-order valence-corrected chi connectivity index (χ1v) is 12.5. The molecule has 0 spiro atoms. The van der Waals surface area contributed by atoms with Crippen LogP contribution in [0.2, 0.25) is 0 Å². The molecule has 5 aromatic rings. The maximum Gasteiger partial charge on any atom is 0.422 e. The number of anilines is 2. The fourth-order valence-electron chi connectivity index (χ4n) is 4.18. The lowest BCUT2D eigenvalue weighted by molar-refractivity contribution is -0.153. The molecule has 0 saturated heterocycles. The molecule has 0 aliphatic heterocycles. The number of imidazole rings is 1. The molecule has 0 aliphatic carbocycles. The van der Waals surface area contributed by atoms with Crippen molar-refractivity contribution >= 4 is 28.6 Å². The average molecular weight is 563 g/mol. The molecule has 0 bridgehead atoms. The maximum atomic E-state index is 12.9. The highest BCUT2D eigenvalue weighted by Crippen LogP contribution is 2.35. The van der Waals surface area contributed by atoms with Gasteiger partial charge in [0.05, 0.1) is 11.0 Å². The van der Waals surface area contributed by atoms with E-state index in [9.17, 15) is 18.0 Å². The molecule has 2 N–H and O–H groups in total. The Morgan fingerprint density at radius 2 is 1.76 bits per heavy atom. The van der Waals surface area contributed by atoms with Crippen molar-refractivity contribution in [1.29, 1.82) is 0 Å². The molecule has 2 aromatic carbocycles. The molecule has 0 fully saturated rings. The molecule has 0 radical (unpaired) electrons. The summed E-state index contributed by atoms with van der Waals surface area (Å²) >= 11 is 0. The molecule has 5 rings (SSSR count). The van der Waals surface area contributed by atoms with Crippen LogP contribution in [-0.4, -0.2) is 45.3 Å². The Morgan fingerprint density at radius 3 is 2.51 bits per heavy atom. The SMILES string of the molecule is CNC(=O)c1cc(Oc2ccc3c(c2)nc(Nc2ccc(OCC(F)(F)F)c(-c4ccnc(C)c4)c2)n3C)ccn1. The van der Waals surface area contributed by atoms with E-state index in [-0.39, 0.29) is 17.4 Å². The van der Waals surface area contributed by atoms with Crippen LogP contribution in [0.25, 0.3) is 22.2 Å². The van der Waals surface area contributed by atoms with Crippen LogP contribution >= 0.6 is 0 Å². The number of hydrogen-bond acceptors (Lipinski definition) is 7. The van der Waals surface area contributed by atoms with Gasteiger partial charge in [0.25, 0.3) is 5.91 Å². The number of rotatable bonds is 8. The van der Waals surface area contributed by atoms with Crippen LogP contribution in [0.3, 0.4) is 0 Å². The van der Waals surface area contributed by atoms with Crippen molar-refractivity contribution in [3.05, 3.63) is 84.4 Å². The number of aromatic nitrogens is 4. The third-order valence-electron chi connectivity index (χ3n) is 6.11. The zero-order valence-electron chi connectivity index (χ0n) is 22.3. The number of halogens is 3. The van der Waals surface area contributed by atoms with Crippen LogP contribution in [-0.2, 0) is 7.05 Å². The quantitative estimate of drug-likeness (QED) is 0.233. The van der Waals surface area contributed by atoms with Crippen molar-refractivity contribution < 1.29 is 27.4 Å². The van der Waals surface area contributed by atoms with Crippen molar-refractivity contribution in [3.63, 3.8) is 0 Å². The minimum absolute atomic E-state index is 0.0981. The molecule has 41 heavy (non-hydrogen) atoms. The first kappa shape index (κ1) is 27.4. The van der Waals surface area contributed by atoms with Crippen molar-refractivity contribution in [1.82, 2.24) is 24.8 Å². The largest absolute Gasteiger partial charge is 0.483 e. The summed E-state index contributed by atoms with van der Waals surface area (Å²) in [7, 11) is 3.36. The smallest absolute Gasteiger partial charge is 0.422 e. The van der Waals surface area contributed by atoms with Crippen molar-refractivity contribution in [2.45, 2.75) is 13.1 Å². The number of nitrogens with one attached hydrogen (secondary N) is 2. The summed E-state index contributed by atoms with van der Waals surface area (Å²) < 4.78 is 51.6. The summed E-state index contributed by atoms with van der Waals surface area (Å²) in [5.74, 6) is 1.23. The van der Waals surface area contributed by atoms with E-state index in [1.807, 2.05) is 17.7 Å². The lowest BCUT2D eigenvalue weighted by Crippen LogP contribution is -2.19. The van der Waals surface area contributed by atoms with Gasteiger partial charge >= 0.3 is 6.18 Å². The Balaban J connectivity index is 1.43. The number of carbonyl (C=O) groups is 1. The summed E-state index contributed by atoms with van der Waals surface area (Å²) in [5.41, 5.74) is 4.15. The summed E-state index contributed by atoms with van der Waals surface area (Å²) in [4.78, 5) is 24.8. The Labute approximate surface area is 233 Å². The predicted octanol–water partition coefficient (Wildman–Crippen LogP) is 6.18.